The summed E-state index contributed by atoms with van der Waals surface area (Å²) >= 11 is 3.88. The summed E-state index contributed by atoms with van der Waals surface area (Å²) in [6.07, 6.45) is 15.7. The topological polar surface area (TPSA) is 9.23 Å². The van der Waals surface area contributed by atoms with Gasteiger partial charge in [-0.3, -0.25) is 0 Å². The molecule has 2 heteroatoms. The Morgan fingerprint density at radius 1 is 0.941 bits per heavy atom. The summed E-state index contributed by atoms with van der Waals surface area (Å²) in [5.74, 6) is 0.880. The summed E-state index contributed by atoms with van der Waals surface area (Å²) in [7, 11) is 0. The van der Waals surface area contributed by atoms with E-state index in [0.29, 0.717) is 11.7 Å². The summed E-state index contributed by atoms with van der Waals surface area (Å²) in [6.45, 7) is 0. The molecule has 3 fully saturated rings. The molecule has 1 nitrogen and oxygen atoms in total. The van der Waals surface area contributed by atoms with E-state index in [9.17, 15) is 0 Å². The molecule has 0 radical (unpaired) electrons. The van der Waals surface area contributed by atoms with Crippen LogP contribution in [-0.2, 0) is 4.74 Å². The van der Waals surface area contributed by atoms with E-state index in [4.69, 9.17) is 4.74 Å². The smallest absolute Gasteiger partial charge is 0.0687 e. The monoisotopic (exact) mass is 300 g/mol. The van der Waals surface area contributed by atoms with E-state index in [2.05, 4.69) is 15.9 Å². The standard InChI is InChI=1S/C15H25BrO/c16-14-6-2-1-5-12(14)11-13-7-10-15(17-13)8-3-4-9-15/h12-14H,1-11H2. The molecule has 1 spiro atoms. The molecule has 2 aliphatic carbocycles. The van der Waals surface area contributed by atoms with Crippen molar-refractivity contribution in [2.45, 2.75) is 87.2 Å². The number of hydrogen-bond acceptors (Lipinski definition) is 1. The Bertz CT molecular complexity index is 260. The van der Waals surface area contributed by atoms with Gasteiger partial charge in [0.25, 0.3) is 0 Å². The van der Waals surface area contributed by atoms with Gasteiger partial charge in [0.1, 0.15) is 0 Å². The van der Waals surface area contributed by atoms with Crippen LogP contribution in [0.2, 0.25) is 0 Å². The molecule has 3 aliphatic rings. The molecular weight excluding hydrogens is 276 g/mol. The zero-order chi connectivity index (χ0) is 11.7. The molecule has 3 rings (SSSR count). The minimum absolute atomic E-state index is 0.334. The van der Waals surface area contributed by atoms with Crippen molar-refractivity contribution in [3.05, 3.63) is 0 Å². The molecule has 0 aromatic carbocycles. The minimum atomic E-state index is 0.334. The Labute approximate surface area is 114 Å². The van der Waals surface area contributed by atoms with Crippen LogP contribution in [0, 0.1) is 5.92 Å². The molecule has 3 unspecified atom stereocenters. The van der Waals surface area contributed by atoms with Crippen LogP contribution in [0.5, 0.6) is 0 Å². The highest BCUT2D eigenvalue weighted by molar-refractivity contribution is 9.09. The lowest BCUT2D eigenvalue weighted by atomic mass is 9.85. The molecule has 1 aliphatic heterocycles. The van der Waals surface area contributed by atoms with Gasteiger partial charge in [-0.2, -0.15) is 0 Å². The molecule has 2 saturated carbocycles. The Kier molecular flexibility index (Phi) is 3.82. The van der Waals surface area contributed by atoms with E-state index >= 15 is 0 Å². The molecule has 1 saturated heterocycles. The number of halogens is 1. The third kappa shape index (κ3) is 2.73. The average Bonchev–Trinajstić information content (AvgIpc) is 2.94. The summed E-state index contributed by atoms with van der Waals surface area (Å²) in [5, 5.41) is 0. The largest absolute Gasteiger partial charge is 0.372 e. The van der Waals surface area contributed by atoms with Crippen molar-refractivity contribution >= 4 is 15.9 Å². The summed E-state index contributed by atoms with van der Waals surface area (Å²) < 4.78 is 6.44. The zero-order valence-electron chi connectivity index (χ0n) is 10.8. The third-order valence-corrected chi connectivity index (χ3v) is 6.44. The molecule has 98 valence electrons. The first kappa shape index (κ1) is 12.5. The summed E-state index contributed by atoms with van der Waals surface area (Å²) in [5.41, 5.74) is 0.334. The van der Waals surface area contributed by atoms with E-state index in [1.54, 1.807) is 0 Å². The number of hydrogen-bond donors (Lipinski definition) is 0. The number of rotatable bonds is 2. The van der Waals surface area contributed by atoms with Crippen molar-refractivity contribution < 1.29 is 4.74 Å². The quantitative estimate of drug-likeness (QED) is 0.664. The summed E-state index contributed by atoms with van der Waals surface area (Å²) in [4.78, 5) is 0.764. The van der Waals surface area contributed by atoms with Crippen LogP contribution >= 0.6 is 15.9 Å². The van der Waals surface area contributed by atoms with Crippen LogP contribution in [0.1, 0.15) is 70.6 Å². The zero-order valence-corrected chi connectivity index (χ0v) is 12.4. The van der Waals surface area contributed by atoms with Crippen molar-refractivity contribution in [2.24, 2.45) is 5.92 Å². The van der Waals surface area contributed by atoms with Gasteiger partial charge in [-0.15, -0.1) is 0 Å². The highest BCUT2D eigenvalue weighted by Gasteiger charge is 2.43. The molecular formula is C15H25BrO. The van der Waals surface area contributed by atoms with Gasteiger partial charge in [-0.05, 0) is 50.9 Å². The van der Waals surface area contributed by atoms with Gasteiger partial charge in [0.15, 0.2) is 0 Å². The molecule has 0 aromatic rings. The fourth-order valence-corrected chi connectivity index (χ4v) is 5.02. The molecule has 0 N–H and O–H groups in total. The van der Waals surface area contributed by atoms with Gasteiger partial charge < -0.3 is 4.74 Å². The van der Waals surface area contributed by atoms with Crippen LogP contribution in [0.3, 0.4) is 0 Å². The van der Waals surface area contributed by atoms with Crippen molar-refractivity contribution in [1.82, 2.24) is 0 Å². The average molecular weight is 301 g/mol. The van der Waals surface area contributed by atoms with Gasteiger partial charge in [0.05, 0.1) is 11.7 Å². The molecule has 0 amide bonds. The fourth-order valence-electron chi connectivity index (χ4n) is 4.21. The molecule has 17 heavy (non-hydrogen) atoms. The molecule has 1 heterocycles. The van der Waals surface area contributed by atoms with E-state index in [0.717, 1.165) is 10.7 Å². The van der Waals surface area contributed by atoms with Crippen molar-refractivity contribution in [1.29, 1.82) is 0 Å². The Morgan fingerprint density at radius 2 is 1.71 bits per heavy atom. The van der Waals surface area contributed by atoms with Gasteiger partial charge >= 0.3 is 0 Å². The lowest BCUT2D eigenvalue weighted by Gasteiger charge is -2.30. The molecule has 3 atom stereocenters. The second-order valence-corrected chi connectivity index (χ2v) is 7.64. The molecule has 0 bridgehead atoms. The predicted molar refractivity (Wildman–Crippen MR) is 74.6 cm³/mol. The maximum atomic E-state index is 6.44. The van der Waals surface area contributed by atoms with Crippen LogP contribution in [0.4, 0.5) is 0 Å². The van der Waals surface area contributed by atoms with Gasteiger partial charge in [-0.1, -0.05) is 41.6 Å². The minimum Gasteiger partial charge on any atom is -0.372 e. The highest BCUT2D eigenvalue weighted by atomic mass is 79.9. The van der Waals surface area contributed by atoms with Crippen LogP contribution in [0.25, 0.3) is 0 Å². The normalized spacial score (nSPS) is 41.1. The third-order valence-electron chi connectivity index (χ3n) is 5.24. The Hall–Kier alpha value is 0.440. The Balaban J connectivity index is 1.52. The predicted octanol–water partition coefficient (Wildman–Crippen LogP) is 4.82. The maximum Gasteiger partial charge on any atom is 0.0687 e. The number of ether oxygens (including phenoxy) is 1. The second kappa shape index (κ2) is 5.21. The van der Waals surface area contributed by atoms with E-state index < -0.39 is 0 Å². The lowest BCUT2D eigenvalue weighted by Crippen LogP contribution is -2.28. The van der Waals surface area contributed by atoms with E-state index in [-0.39, 0.29) is 0 Å². The van der Waals surface area contributed by atoms with E-state index in [1.807, 2.05) is 0 Å². The first-order valence-corrected chi connectivity index (χ1v) is 8.51. The maximum absolute atomic E-state index is 6.44. The highest BCUT2D eigenvalue weighted by Crippen LogP contribution is 2.45. The fraction of sp³-hybridized carbons (Fsp3) is 1.00. The van der Waals surface area contributed by atoms with Crippen molar-refractivity contribution in [3.8, 4) is 0 Å². The number of alkyl halides is 1. The second-order valence-electron chi connectivity index (χ2n) is 6.46. The van der Waals surface area contributed by atoms with Crippen LogP contribution in [0.15, 0.2) is 0 Å². The van der Waals surface area contributed by atoms with E-state index in [1.165, 1.54) is 70.6 Å². The van der Waals surface area contributed by atoms with Crippen molar-refractivity contribution in [3.63, 3.8) is 0 Å². The Morgan fingerprint density at radius 3 is 2.47 bits per heavy atom. The van der Waals surface area contributed by atoms with Gasteiger partial charge in [-0.25, -0.2) is 0 Å². The first-order chi connectivity index (χ1) is 8.27. The summed E-state index contributed by atoms with van der Waals surface area (Å²) in [6, 6.07) is 0. The van der Waals surface area contributed by atoms with Crippen LogP contribution in [-0.4, -0.2) is 16.5 Å². The van der Waals surface area contributed by atoms with Crippen molar-refractivity contribution in [2.75, 3.05) is 0 Å². The first-order valence-electron chi connectivity index (χ1n) is 7.59. The molecule has 0 aromatic heterocycles. The SMILES string of the molecule is BrC1CCCCC1CC1CCC2(CCCC2)O1. The van der Waals surface area contributed by atoms with Gasteiger partial charge in [0.2, 0.25) is 0 Å². The van der Waals surface area contributed by atoms with Gasteiger partial charge in [0, 0.05) is 4.83 Å². The lowest BCUT2D eigenvalue weighted by molar-refractivity contribution is -0.0453. The van der Waals surface area contributed by atoms with Crippen LogP contribution < -0.4 is 0 Å².